The molecule has 2 aliphatic heterocycles. The van der Waals surface area contributed by atoms with Crippen LogP contribution in [0.5, 0.6) is 5.75 Å². The lowest BCUT2D eigenvalue weighted by atomic mass is 9.92. The van der Waals surface area contributed by atoms with Crippen molar-refractivity contribution in [1.29, 1.82) is 0 Å². The van der Waals surface area contributed by atoms with Crippen molar-refractivity contribution in [2.24, 2.45) is 0 Å². The number of rotatable bonds is 12. The molecule has 43 heavy (non-hydrogen) atoms. The summed E-state index contributed by atoms with van der Waals surface area (Å²) in [6, 6.07) is 12.9. The fourth-order valence-electron chi connectivity index (χ4n) is 4.94. The Morgan fingerprint density at radius 3 is 2.28 bits per heavy atom. The molecule has 12 nitrogen and oxygen atoms in total. The predicted molar refractivity (Wildman–Crippen MR) is 157 cm³/mol. The lowest BCUT2D eigenvalue weighted by Gasteiger charge is -2.35. The summed E-state index contributed by atoms with van der Waals surface area (Å²) in [7, 11) is 0.899. The van der Waals surface area contributed by atoms with Gasteiger partial charge in [-0.1, -0.05) is 12.1 Å². The van der Waals surface area contributed by atoms with E-state index in [1.807, 2.05) is 7.05 Å². The van der Waals surface area contributed by atoms with Crippen LogP contribution in [0.3, 0.4) is 0 Å². The standard InChI is InChI=1S/C30H39N3O9S/c1-31-12-14-32(15-13-31)29(35)27-20-24(22-4-6-23(7-5-22)30(36)40-3)21-28(42-27)41-19-17-33(16-18-34)43(37,38)26-10-8-25(39-2)9-11-26/h4-11,20,24,28,34H,12-19,21H2,1-3H3/t24-,28+/m1/s1. The zero-order valence-electron chi connectivity index (χ0n) is 24.7. The van der Waals surface area contributed by atoms with Crippen LogP contribution in [-0.2, 0) is 29.0 Å². The number of carbonyl (C=O) groups is 2. The topological polar surface area (TPSA) is 135 Å². The van der Waals surface area contributed by atoms with Crippen LogP contribution in [0.15, 0.2) is 65.3 Å². The molecular formula is C30H39N3O9S. The maximum atomic E-state index is 13.4. The first kappa shape index (κ1) is 32.4. The number of hydrogen-bond donors (Lipinski definition) is 1. The van der Waals surface area contributed by atoms with Gasteiger partial charge < -0.3 is 33.9 Å². The quantitative estimate of drug-likeness (QED) is 0.351. The van der Waals surface area contributed by atoms with Gasteiger partial charge in [0.1, 0.15) is 5.75 Å². The molecule has 2 aliphatic rings. The number of aliphatic hydroxyl groups is 1. The summed E-state index contributed by atoms with van der Waals surface area (Å²) in [6.07, 6.45) is 1.31. The van der Waals surface area contributed by atoms with Gasteiger partial charge in [-0.3, -0.25) is 4.79 Å². The van der Waals surface area contributed by atoms with Crippen LogP contribution >= 0.6 is 0 Å². The van der Waals surface area contributed by atoms with Gasteiger partial charge in [-0.15, -0.1) is 0 Å². The van der Waals surface area contributed by atoms with Crippen LogP contribution < -0.4 is 4.74 Å². The van der Waals surface area contributed by atoms with Gasteiger partial charge in [-0.25, -0.2) is 13.2 Å². The maximum absolute atomic E-state index is 13.4. The van der Waals surface area contributed by atoms with Gasteiger partial charge in [0.15, 0.2) is 5.76 Å². The monoisotopic (exact) mass is 617 g/mol. The van der Waals surface area contributed by atoms with E-state index in [-0.39, 0.29) is 48.8 Å². The molecule has 0 bridgehead atoms. The lowest BCUT2D eigenvalue weighted by molar-refractivity contribution is -0.153. The minimum Gasteiger partial charge on any atom is -0.497 e. The van der Waals surface area contributed by atoms with Crippen molar-refractivity contribution in [2.75, 3.05) is 73.7 Å². The van der Waals surface area contributed by atoms with E-state index in [0.717, 1.165) is 23.0 Å². The van der Waals surface area contributed by atoms with Crippen molar-refractivity contribution in [1.82, 2.24) is 14.1 Å². The molecule has 4 rings (SSSR count). The molecular weight excluding hydrogens is 578 g/mol. The molecule has 2 heterocycles. The number of amides is 1. The minimum absolute atomic E-state index is 0.0377. The number of piperazine rings is 1. The van der Waals surface area contributed by atoms with Crippen LogP contribution in [0.4, 0.5) is 0 Å². The van der Waals surface area contributed by atoms with Crippen molar-refractivity contribution >= 4 is 21.9 Å². The molecule has 0 spiro atoms. The number of allylic oxidation sites excluding steroid dienone is 1. The zero-order chi connectivity index (χ0) is 31.0. The van der Waals surface area contributed by atoms with Crippen LogP contribution in [-0.4, -0.2) is 120 Å². The Labute approximate surface area is 252 Å². The molecule has 1 N–H and O–H groups in total. The fraction of sp³-hybridized carbons (Fsp3) is 0.467. The van der Waals surface area contributed by atoms with Gasteiger partial charge in [0.2, 0.25) is 16.3 Å². The van der Waals surface area contributed by atoms with Crippen molar-refractivity contribution in [3.8, 4) is 5.75 Å². The van der Waals surface area contributed by atoms with E-state index in [9.17, 15) is 23.1 Å². The molecule has 1 saturated heterocycles. The van der Waals surface area contributed by atoms with Crippen molar-refractivity contribution in [2.45, 2.75) is 23.5 Å². The fourth-order valence-corrected chi connectivity index (χ4v) is 6.35. The first-order valence-corrected chi connectivity index (χ1v) is 15.5. The summed E-state index contributed by atoms with van der Waals surface area (Å²) in [6.45, 7) is 2.07. The average molecular weight is 618 g/mol. The second-order valence-corrected chi connectivity index (χ2v) is 12.2. The van der Waals surface area contributed by atoms with E-state index in [0.29, 0.717) is 30.8 Å². The molecule has 0 unspecified atom stereocenters. The summed E-state index contributed by atoms with van der Waals surface area (Å²) in [5.41, 5.74) is 1.27. The van der Waals surface area contributed by atoms with Crippen LogP contribution in [0, 0.1) is 0 Å². The molecule has 2 atom stereocenters. The van der Waals surface area contributed by atoms with E-state index < -0.39 is 22.3 Å². The largest absolute Gasteiger partial charge is 0.497 e. The molecule has 0 radical (unpaired) electrons. The minimum atomic E-state index is -3.92. The first-order chi connectivity index (χ1) is 20.7. The van der Waals surface area contributed by atoms with Crippen LogP contribution in [0.1, 0.15) is 28.3 Å². The van der Waals surface area contributed by atoms with Gasteiger partial charge in [0.25, 0.3) is 5.91 Å². The SMILES string of the molecule is COC(=O)c1ccc([C@@H]2C=C(C(=O)N3CCN(C)CC3)O[C@H](OCCN(CCO)S(=O)(=O)c3ccc(OC)cc3)C2)cc1. The number of benzene rings is 2. The highest BCUT2D eigenvalue weighted by molar-refractivity contribution is 7.89. The van der Waals surface area contributed by atoms with Gasteiger partial charge in [-0.05, 0) is 55.1 Å². The van der Waals surface area contributed by atoms with E-state index in [1.165, 1.54) is 26.4 Å². The molecule has 0 saturated carbocycles. The Balaban J connectivity index is 1.49. The number of esters is 1. The van der Waals surface area contributed by atoms with Gasteiger partial charge >= 0.3 is 5.97 Å². The molecule has 2 aromatic carbocycles. The molecule has 1 fully saturated rings. The molecule has 234 valence electrons. The summed E-state index contributed by atoms with van der Waals surface area (Å²) >= 11 is 0. The smallest absolute Gasteiger partial charge is 0.337 e. The van der Waals surface area contributed by atoms with E-state index in [1.54, 1.807) is 47.4 Å². The van der Waals surface area contributed by atoms with Gasteiger partial charge in [-0.2, -0.15) is 4.31 Å². The van der Waals surface area contributed by atoms with Crippen LogP contribution in [0.2, 0.25) is 0 Å². The number of carbonyl (C=O) groups excluding carboxylic acids is 2. The molecule has 0 aliphatic carbocycles. The van der Waals surface area contributed by atoms with E-state index >= 15 is 0 Å². The third-order valence-electron chi connectivity index (χ3n) is 7.51. The number of nitrogens with zero attached hydrogens (tertiary/aromatic N) is 3. The van der Waals surface area contributed by atoms with Crippen LogP contribution in [0.25, 0.3) is 0 Å². The summed E-state index contributed by atoms with van der Waals surface area (Å²) in [5, 5.41) is 9.57. The zero-order valence-corrected chi connectivity index (χ0v) is 25.5. The lowest BCUT2D eigenvalue weighted by Crippen LogP contribution is -2.48. The second kappa shape index (κ2) is 14.8. The Morgan fingerprint density at radius 2 is 1.67 bits per heavy atom. The Hall–Kier alpha value is -3.49. The Morgan fingerprint density at radius 1 is 1.00 bits per heavy atom. The number of aliphatic hydroxyl groups excluding tert-OH is 1. The van der Waals surface area contributed by atoms with Gasteiger partial charge in [0, 0.05) is 51.6 Å². The average Bonchev–Trinajstić information content (AvgIpc) is 3.04. The second-order valence-electron chi connectivity index (χ2n) is 10.3. The maximum Gasteiger partial charge on any atom is 0.337 e. The van der Waals surface area contributed by atoms with Crippen molar-refractivity contribution < 1.29 is 42.1 Å². The number of ether oxygens (including phenoxy) is 4. The molecule has 13 heteroatoms. The summed E-state index contributed by atoms with van der Waals surface area (Å²) in [4.78, 5) is 29.3. The molecule has 2 aromatic rings. The predicted octanol–water partition coefficient (Wildman–Crippen LogP) is 1.67. The molecule has 1 amide bonds. The summed E-state index contributed by atoms with van der Waals surface area (Å²) < 4.78 is 49.6. The highest BCUT2D eigenvalue weighted by Gasteiger charge is 2.33. The number of likely N-dealkylation sites (N-methyl/N-ethyl adjacent to an activating group) is 1. The Kier molecular flexibility index (Phi) is 11.2. The van der Waals surface area contributed by atoms with E-state index in [4.69, 9.17) is 18.9 Å². The molecule has 0 aromatic heterocycles. The third-order valence-corrected chi connectivity index (χ3v) is 9.42. The Bertz CT molecular complexity index is 1370. The van der Waals surface area contributed by atoms with E-state index in [2.05, 4.69) is 4.90 Å². The number of methoxy groups -OCH3 is 2. The number of sulfonamides is 1. The number of hydrogen-bond acceptors (Lipinski definition) is 10. The van der Waals surface area contributed by atoms with Gasteiger partial charge in [0.05, 0.1) is 37.9 Å². The normalized spacial score (nSPS) is 19.5. The van der Waals surface area contributed by atoms with Crippen molar-refractivity contribution in [3.63, 3.8) is 0 Å². The summed E-state index contributed by atoms with van der Waals surface area (Å²) in [5.74, 6) is -0.246. The highest BCUT2D eigenvalue weighted by Crippen LogP contribution is 2.32. The van der Waals surface area contributed by atoms with Crippen molar-refractivity contribution in [3.05, 3.63) is 71.5 Å². The third kappa shape index (κ3) is 8.12. The first-order valence-electron chi connectivity index (χ1n) is 14.1. The highest BCUT2D eigenvalue weighted by atomic mass is 32.2.